The molecule has 0 aromatic heterocycles. The van der Waals surface area contributed by atoms with Crippen LogP contribution < -0.4 is 5.32 Å². The van der Waals surface area contributed by atoms with Crippen molar-refractivity contribution < 1.29 is 27.9 Å². The van der Waals surface area contributed by atoms with Gasteiger partial charge in [-0.05, 0) is 31.0 Å². The van der Waals surface area contributed by atoms with E-state index in [1.807, 2.05) is 0 Å². The molecule has 1 aromatic rings. The third kappa shape index (κ3) is 3.94. The maximum Gasteiger partial charge on any atom is 0.416 e. The van der Waals surface area contributed by atoms with E-state index in [9.17, 15) is 22.8 Å². The van der Waals surface area contributed by atoms with Crippen LogP contribution in [0.3, 0.4) is 0 Å². The highest BCUT2D eigenvalue weighted by atomic mass is 19.4. The van der Waals surface area contributed by atoms with Gasteiger partial charge in [-0.3, -0.25) is 4.79 Å². The van der Waals surface area contributed by atoms with Crippen LogP contribution in [0, 0.1) is 5.41 Å². The van der Waals surface area contributed by atoms with Crippen LogP contribution in [0.5, 0.6) is 0 Å². The van der Waals surface area contributed by atoms with Crippen LogP contribution in [0.1, 0.15) is 24.5 Å². The minimum atomic E-state index is -4.43. The van der Waals surface area contributed by atoms with Crippen molar-refractivity contribution in [2.24, 2.45) is 5.41 Å². The molecule has 0 saturated carbocycles. The van der Waals surface area contributed by atoms with E-state index < -0.39 is 29.2 Å². The number of amides is 2. The van der Waals surface area contributed by atoms with Crippen molar-refractivity contribution >= 4 is 12.0 Å². The molecule has 1 atom stereocenters. The van der Waals surface area contributed by atoms with Gasteiger partial charge in [-0.2, -0.15) is 13.2 Å². The molecule has 1 fully saturated rings. The summed E-state index contributed by atoms with van der Waals surface area (Å²) in [6, 6.07) is 4.23. The standard InChI is InChI=1S/C15H17F3N2O3/c1-14(12(21)22)5-6-20(9-14)13(23)19-8-10-3-2-4-11(7-10)15(16,17)18/h2-4,7H,5-6,8-9H2,1H3,(H,19,23)(H,21,22). The summed E-state index contributed by atoms with van der Waals surface area (Å²) in [5.74, 6) is -0.967. The lowest BCUT2D eigenvalue weighted by Gasteiger charge is -2.20. The summed E-state index contributed by atoms with van der Waals surface area (Å²) in [5, 5.41) is 11.6. The number of benzene rings is 1. The molecule has 0 radical (unpaired) electrons. The number of alkyl halides is 3. The number of aliphatic carboxylic acids is 1. The average Bonchev–Trinajstić information content (AvgIpc) is 2.88. The molecule has 126 valence electrons. The molecule has 0 aliphatic carbocycles. The number of carboxylic acids is 1. The number of hydrogen-bond donors (Lipinski definition) is 2. The summed E-state index contributed by atoms with van der Waals surface area (Å²) in [6.45, 7) is 1.90. The minimum Gasteiger partial charge on any atom is -0.481 e. The number of carbonyl (C=O) groups is 2. The zero-order valence-electron chi connectivity index (χ0n) is 12.5. The first-order valence-corrected chi connectivity index (χ1v) is 7.04. The Morgan fingerprint density at radius 2 is 2.09 bits per heavy atom. The van der Waals surface area contributed by atoms with Crippen molar-refractivity contribution in [1.82, 2.24) is 10.2 Å². The van der Waals surface area contributed by atoms with E-state index in [0.717, 1.165) is 12.1 Å². The molecule has 1 saturated heterocycles. The lowest BCUT2D eigenvalue weighted by Crippen LogP contribution is -2.40. The van der Waals surface area contributed by atoms with Crippen molar-refractivity contribution in [2.45, 2.75) is 26.1 Å². The van der Waals surface area contributed by atoms with Gasteiger partial charge in [0.1, 0.15) is 0 Å². The number of carbonyl (C=O) groups excluding carboxylic acids is 1. The van der Waals surface area contributed by atoms with Crippen LogP contribution in [-0.4, -0.2) is 35.1 Å². The zero-order valence-corrected chi connectivity index (χ0v) is 12.5. The number of rotatable bonds is 3. The molecule has 1 aromatic carbocycles. The number of urea groups is 1. The normalized spacial score (nSPS) is 21.3. The van der Waals surface area contributed by atoms with E-state index in [4.69, 9.17) is 5.11 Å². The van der Waals surface area contributed by atoms with Crippen molar-refractivity contribution in [3.63, 3.8) is 0 Å². The Balaban J connectivity index is 1.94. The first kappa shape index (κ1) is 17.1. The van der Waals surface area contributed by atoms with Gasteiger partial charge in [0.25, 0.3) is 0 Å². The quantitative estimate of drug-likeness (QED) is 0.895. The zero-order chi connectivity index (χ0) is 17.3. The first-order valence-electron chi connectivity index (χ1n) is 7.04. The second-order valence-electron chi connectivity index (χ2n) is 5.89. The molecule has 5 nitrogen and oxygen atoms in total. The molecule has 23 heavy (non-hydrogen) atoms. The maximum absolute atomic E-state index is 12.6. The van der Waals surface area contributed by atoms with Crippen molar-refractivity contribution in [3.05, 3.63) is 35.4 Å². The Labute approximate surface area is 131 Å². The van der Waals surface area contributed by atoms with Crippen LogP contribution in [0.4, 0.5) is 18.0 Å². The molecule has 1 unspecified atom stereocenters. The van der Waals surface area contributed by atoms with Crippen LogP contribution >= 0.6 is 0 Å². The topological polar surface area (TPSA) is 69.6 Å². The fourth-order valence-electron chi connectivity index (χ4n) is 2.46. The smallest absolute Gasteiger partial charge is 0.416 e. The molecule has 0 bridgehead atoms. The predicted octanol–water partition coefficient (Wildman–Crippen LogP) is 2.71. The molecule has 1 heterocycles. The number of carboxylic acid groups (broad SMARTS) is 1. The Kier molecular flexibility index (Phi) is 4.53. The molecule has 0 spiro atoms. The molecule has 2 rings (SSSR count). The average molecular weight is 330 g/mol. The van der Waals surface area contributed by atoms with Gasteiger partial charge in [-0.25, -0.2) is 4.79 Å². The lowest BCUT2D eigenvalue weighted by atomic mass is 9.90. The molecule has 1 aliphatic heterocycles. The summed E-state index contributed by atoms with van der Waals surface area (Å²) in [4.78, 5) is 24.5. The summed E-state index contributed by atoms with van der Waals surface area (Å²) >= 11 is 0. The van der Waals surface area contributed by atoms with Crippen LogP contribution in [0.2, 0.25) is 0 Å². The van der Waals surface area contributed by atoms with Crippen LogP contribution in [-0.2, 0) is 17.5 Å². The van der Waals surface area contributed by atoms with Gasteiger partial charge in [0.2, 0.25) is 0 Å². The van der Waals surface area contributed by atoms with Crippen molar-refractivity contribution in [3.8, 4) is 0 Å². The third-order valence-electron chi connectivity index (χ3n) is 3.97. The molecule has 2 N–H and O–H groups in total. The Morgan fingerprint density at radius 3 is 2.65 bits per heavy atom. The summed E-state index contributed by atoms with van der Waals surface area (Å²) in [7, 11) is 0. The van der Waals surface area contributed by atoms with E-state index in [0.29, 0.717) is 18.5 Å². The summed E-state index contributed by atoms with van der Waals surface area (Å²) in [6.07, 6.45) is -4.09. The number of nitrogens with zero attached hydrogens (tertiary/aromatic N) is 1. The lowest BCUT2D eigenvalue weighted by molar-refractivity contribution is -0.147. The predicted molar refractivity (Wildman–Crippen MR) is 75.6 cm³/mol. The molecule has 8 heteroatoms. The second-order valence-corrected chi connectivity index (χ2v) is 5.89. The Hall–Kier alpha value is -2.25. The van der Waals surface area contributed by atoms with Gasteiger partial charge in [0.05, 0.1) is 11.0 Å². The summed E-state index contributed by atoms with van der Waals surface area (Å²) < 4.78 is 37.9. The number of hydrogen-bond acceptors (Lipinski definition) is 2. The van der Waals surface area contributed by atoms with E-state index in [-0.39, 0.29) is 13.1 Å². The van der Waals surface area contributed by atoms with Gasteiger partial charge < -0.3 is 15.3 Å². The molecular weight excluding hydrogens is 313 g/mol. The van der Waals surface area contributed by atoms with Gasteiger partial charge in [0, 0.05) is 19.6 Å². The van der Waals surface area contributed by atoms with Crippen molar-refractivity contribution in [1.29, 1.82) is 0 Å². The number of halogens is 3. The minimum absolute atomic E-state index is 0.0525. The fraction of sp³-hybridized carbons (Fsp3) is 0.467. The largest absolute Gasteiger partial charge is 0.481 e. The van der Waals surface area contributed by atoms with Gasteiger partial charge in [0.15, 0.2) is 0 Å². The SMILES string of the molecule is CC1(C(=O)O)CCN(C(=O)NCc2cccc(C(F)(F)F)c2)C1. The molecule has 1 aliphatic rings. The highest BCUT2D eigenvalue weighted by Crippen LogP contribution is 2.31. The van der Waals surface area contributed by atoms with Crippen molar-refractivity contribution in [2.75, 3.05) is 13.1 Å². The third-order valence-corrected chi connectivity index (χ3v) is 3.97. The van der Waals surface area contributed by atoms with Crippen LogP contribution in [0.15, 0.2) is 24.3 Å². The highest BCUT2D eigenvalue weighted by molar-refractivity contribution is 5.79. The second kappa shape index (κ2) is 6.10. The fourth-order valence-corrected chi connectivity index (χ4v) is 2.46. The van der Waals surface area contributed by atoms with E-state index in [1.165, 1.54) is 17.0 Å². The number of likely N-dealkylation sites (tertiary alicyclic amines) is 1. The van der Waals surface area contributed by atoms with Gasteiger partial charge in [-0.1, -0.05) is 12.1 Å². The monoisotopic (exact) mass is 330 g/mol. The van der Waals surface area contributed by atoms with Gasteiger partial charge in [-0.15, -0.1) is 0 Å². The van der Waals surface area contributed by atoms with Crippen LogP contribution in [0.25, 0.3) is 0 Å². The maximum atomic E-state index is 12.6. The molecular formula is C15H17F3N2O3. The van der Waals surface area contributed by atoms with Gasteiger partial charge >= 0.3 is 18.2 Å². The van der Waals surface area contributed by atoms with E-state index in [1.54, 1.807) is 6.92 Å². The highest BCUT2D eigenvalue weighted by Gasteiger charge is 2.42. The molecule has 2 amide bonds. The Bertz CT molecular complexity index is 618. The van der Waals surface area contributed by atoms with E-state index in [2.05, 4.69) is 5.32 Å². The summed E-state index contributed by atoms with van der Waals surface area (Å²) in [5.41, 5.74) is -1.43. The first-order chi connectivity index (χ1) is 10.6. The Morgan fingerprint density at radius 1 is 1.39 bits per heavy atom. The van der Waals surface area contributed by atoms with E-state index >= 15 is 0 Å². The number of nitrogens with one attached hydrogen (secondary N) is 1.